The number of rotatable bonds is 3. The number of aromatic nitrogens is 3. The first-order valence-electron chi connectivity index (χ1n) is 6.72. The molecule has 0 saturated carbocycles. The summed E-state index contributed by atoms with van der Waals surface area (Å²) in [6.07, 6.45) is 5.22. The molecule has 1 aromatic heterocycles. The van der Waals surface area contributed by atoms with Crippen LogP contribution in [0.5, 0.6) is 0 Å². The zero-order chi connectivity index (χ0) is 14.4. The number of carbonyl (C=O) groups excluding carboxylic acids is 2. The summed E-state index contributed by atoms with van der Waals surface area (Å²) in [7, 11) is 1.27. The molecule has 1 aromatic rings. The predicted molar refractivity (Wildman–Crippen MR) is 71.1 cm³/mol. The van der Waals surface area contributed by atoms with E-state index in [1.807, 2.05) is 4.90 Å². The standard InChI is InChI=1S/C12H19N5O3/c1-20-12(19)14-10-8-13-17(15-10)9-11(18)16-6-4-2-3-5-7-16/h8H,2-7,9H2,1H3,(H,14,15,19). The average Bonchev–Trinajstić information content (AvgIpc) is 2.71. The highest BCUT2D eigenvalue weighted by molar-refractivity contribution is 5.82. The highest BCUT2D eigenvalue weighted by Gasteiger charge is 2.17. The van der Waals surface area contributed by atoms with Crippen molar-refractivity contribution in [3.63, 3.8) is 0 Å². The van der Waals surface area contributed by atoms with Crippen LogP contribution in [0.25, 0.3) is 0 Å². The zero-order valence-electron chi connectivity index (χ0n) is 11.5. The minimum absolute atomic E-state index is 0.00659. The highest BCUT2D eigenvalue weighted by Crippen LogP contribution is 2.10. The van der Waals surface area contributed by atoms with Gasteiger partial charge < -0.3 is 9.64 Å². The summed E-state index contributed by atoms with van der Waals surface area (Å²) in [5.74, 6) is 0.271. The van der Waals surface area contributed by atoms with E-state index in [0.717, 1.165) is 25.9 Å². The Morgan fingerprint density at radius 1 is 1.30 bits per heavy atom. The fourth-order valence-corrected chi connectivity index (χ4v) is 2.13. The van der Waals surface area contributed by atoms with Crippen LogP contribution in [0, 0.1) is 0 Å². The molecule has 8 nitrogen and oxygen atoms in total. The van der Waals surface area contributed by atoms with Crippen LogP contribution in [0.1, 0.15) is 25.7 Å². The van der Waals surface area contributed by atoms with Gasteiger partial charge in [0, 0.05) is 13.1 Å². The maximum atomic E-state index is 12.1. The molecule has 8 heteroatoms. The Morgan fingerprint density at radius 2 is 2.00 bits per heavy atom. The molecule has 2 heterocycles. The molecule has 1 aliphatic rings. The lowest BCUT2D eigenvalue weighted by molar-refractivity contribution is -0.132. The van der Waals surface area contributed by atoms with E-state index in [2.05, 4.69) is 20.3 Å². The molecule has 0 aromatic carbocycles. The Morgan fingerprint density at radius 3 is 2.65 bits per heavy atom. The minimum Gasteiger partial charge on any atom is -0.453 e. The van der Waals surface area contributed by atoms with Crippen LogP contribution in [0.2, 0.25) is 0 Å². The van der Waals surface area contributed by atoms with E-state index in [9.17, 15) is 9.59 Å². The second-order valence-electron chi connectivity index (χ2n) is 4.67. The van der Waals surface area contributed by atoms with Gasteiger partial charge in [0.25, 0.3) is 0 Å². The smallest absolute Gasteiger partial charge is 0.412 e. The molecule has 0 aliphatic carbocycles. The fraction of sp³-hybridized carbons (Fsp3) is 0.667. The van der Waals surface area contributed by atoms with Gasteiger partial charge >= 0.3 is 6.09 Å². The molecule has 0 atom stereocenters. The molecular formula is C12H19N5O3. The molecule has 0 spiro atoms. The van der Waals surface area contributed by atoms with Crippen LogP contribution in [0.4, 0.5) is 10.6 Å². The van der Waals surface area contributed by atoms with Gasteiger partial charge in [-0.3, -0.25) is 10.1 Å². The van der Waals surface area contributed by atoms with E-state index in [4.69, 9.17) is 0 Å². The summed E-state index contributed by atoms with van der Waals surface area (Å²) >= 11 is 0. The highest BCUT2D eigenvalue weighted by atomic mass is 16.5. The Labute approximate surface area is 117 Å². The summed E-state index contributed by atoms with van der Waals surface area (Å²) in [6.45, 7) is 1.68. The van der Waals surface area contributed by atoms with Gasteiger partial charge in [-0.25, -0.2) is 4.79 Å². The number of nitrogens with one attached hydrogen (secondary N) is 1. The molecule has 2 amide bonds. The molecule has 20 heavy (non-hydrogen) atoms. The van der Waals surface area contributed by atoms with Crippen molar-refractivity contribution in [2.75, 3.05) is 25.5 Å². The van der Waals surface area contributed by atoms with Crippen LogP contribution < -0.4 is 5.32 Å². The van der Waals surface area contributed by atoms with Crippen LogP contribution in [0.15, 0.2) is 6.20 Å². The number of hydrogen-bond acceptors (Lipinski definition) is 5. The molecule has 1 fully saturated rings. The lowest BCUT2D eigenvalue weighted by Gasteiger charge is -2.19. The van der Waals surface area contributed by atoms with Gasteiger partial charge in [0.05, 0.1) is 13.3 Å². The first-order chi connectivity index (χ1) is 9.69. The van der Waals surface area contributed by atoms with E-state index in [1.54, 1.807) is 0 Å². The van der Waals surface area contributed by atoms with Crippen molar-refractivity contribution < 1.29 is 14.3 Å². The van der Waals surface area contributed by atoms with Gasteiger partial charge in [0.1, 0.15) is 6.54 Å². The Hall–Kier alpha value is -2.12. The molecule has 0 bridgehead atoms. The van der Waals surface area contributed by atoms with Crippen LogP contribution in [0.3, 0.4) is 0 Å². The number of ether oxygens (including phenoxy) is 1. The molecule has 110 valence electrons. The van der Waals surface area contributed by atoms with Crippen molar-refractivity contribution in [3.8, 4) is 0 Å². The lowest BCUT2D eigenvalue weighted by atomic mass is 10.2. The molecule has 1 saturated heterocycles. The number of amides is 2. The van der Waals surface area contributed by atoms with E-state index < -0.39 is 6.09 Å². The Balaban J connectivity index is 1.89. The summed E-state index contributed by atoms with van der Waals surface area (Å²) in [6, 6.07) is 0. The minimum atomic E-state index is -0.615. The molecule has 2 rings (SSSR count). The monoisotopic (exact) mass is 281 g/mol. The first-order valence-corrected chi connectivity index (χ1v) is 6.72. The van der Waals surface area contributed by atoms with Gasteiger partial charge in [0.2, 0.25) is 5.91 Å². The van der Waals surface area contributed by atoms with Gasteiger partial charge in [-0.1, -0.05) is 12.8 Å². The largest absolute Gasteiger partial charge is 0.453 e. The number of nitrogens with zero attached hydrogens (tertiary/aromatic N) is 4. The van der Waals surface area contributed by atoms with Crippen molar-refractivity contribution in [2.24, 2.45) is 0 Å². The van der Waals surface area contributed by atoms with Gasteiger partial charge in [-0.2, -0.15) is 9.90 Å². The van der Waals surface area contributed by atoms with E-state index >= 15 is 0 Å². The summed E-state index contributed by atoms with van der Waals surface area (Å²) < 4.78 is 4.45. The lowest BCUT2D eigenvalue weighted by Crippen LogP contribution is -2.35. The van der Waals surface area contributed by atoms with Crippen molar-refractivity contribution >= 4 is 17.8 Å². The quantitative estimate of drug-likeness (QED) is 0.887. The maximum Gasteiger partial charge on any atom is 0.412 e. The third kappa shape index (κ3) is 3.94. The molecule has 0 unspecified atom stereocenters. The van der Waals surface area contributed by atoms with Crippen molar-refractivity contribution in [2.45, 2.75) is 32.2 Å². The van der Waals surface area contributed by atoms with Crippen molar-refractivity contribution in [3.05, 3.63) is 6.20 Å². The number of hydrogen-bond donors (Lipinski definition) is 1. The van der Waals surface area contributed by atoms with E-state index in [0.29, 0.717) is 0 Å². The van der Waals surface area contributed by atoms with Crippen molar-refractivity contribution in [1.29, 1.82) is 0 Å². The summed E-state index contributed by atoms with van der Waals surface area (Å²) in [4.78, 5) is 26.3. The second-order valence-corrected chi connectivity index (χ2v) is 4.67. The first kappa shape index (κ1) is 14.3. The van der Waals surface area contributed by atoms with E-state index in [1.165, 1.54) is 30.9 Å². The summed E-state index contributed by atoms with van der Waals surface area (Å²) in [5, 5.41) is 10.3. The van der Waals surface area contributed by atoms with Gasteiger partial charge in [-0.05, 0) is 12.8 Å². The normalized spacial score (nSPS) is 15.6. The molecule has 1 N–H and O–H groups in total. The van der Waals surface area contributed by atoms with Gasteiger partial charge in [0.15, 0.2) is 5.82 Å². The van der Waals surface area contributed by atoms with Crippen LogP contribution >= 0.6 is 0 Å². The summed E-state index contributed by atoms with van der Waals surface area (Å²) in [5.41, 5.74) is 0. The number of anilines is 1. The zero-order valence-corrected chi connectivity index (χ0v) is 11.5. The fourth-order valence-electron chi connectivity index (χ4n) is 2.13. The SMILES string of the molecule is COC(=O)Nc1cnn(CC(=O)N2CCCCCC2)n1. The average molecular weight is 281 g/mol. The predicted octanol–water partition coefficient (Wildman–Crippen LogP) is 0.859. The topological polar surface area (TPSA) is 89.3 Å². The molecule has 0 radical (unpaired) electrons. The molecule has 1 aliphatic heterocycles. The van der Waals surface area contributed by atoms with E-state index in [-0.39, 0.29) is 18.3 Å². The Bertz CT molecular complexity index is 465. The third-order valence-electron chi connectivity index (χ3n) is 3.19. The molecular weight excluding hydrogens is 262 g/mol. The van der Waals surface area contributed by atoms with Crippen molar-refractivity contribution in [1.82, 2.24) is 19.9 Å². The van der Waals surface area contributed by atoms with Crippen LogP contribution in [-0.4, -0.2) is 52.1 Å². The number of likely N-dealkylation sites (tertiary alicyclic amines) is 1. The maximum absolute atomic E-state index is 12.1. The Kier molecular flexibility index (Phi) is 4.91. The number of methoxy groups -OCH3 is 1. The second kappa shape index (κ2) is 6.88. The third-order valence-corrected chi connectivity index (χ3v) is 3.19. The number of carbonyl (C=O) groups is 2. The van der Waals surface area contributed by atoms with Crippen LogP contribution in [-0.2, 0) is 16.1 Å². The van der Waals surface area contributed by atoms with Gasteiger partial charge in [-0.15, -0.1) is 5.10 Å².